The number of rotatable bonds is 18. The van der Waals surface area contributed by atoms with Gasteiger partial charge in [0, 0.05) is 37.1 Å². The van der Waals surface area contributed by atoms with Crippen molar-refractivity contribution < 1.29 is 38.1 Å². The molecule has 0 aromatic heterocycles. The standard InChI is InChI=1S/C33H56N4O8/c1-7-24(8-2)44-28-18-22(16-26(34)30(28)36-20(5)38)32(40)42-14-12-11-13-15-43-33(41)23-17-27(35)31(37-21(6)39)29(19-23)45-25(9-3)10-4/h18-19,24-31H,7-17,34-35H2,1-6H3,(H,36,38)(H,37,39)/t26-,27-,28+,29+,30+,31+/m0/s1. The molecule has 2 rings (SSSR count). The fraction of sp³-hybridized carbons (Fsp3) is 0.758. The summed E-state index contributed by atoms with van der Waals surface area (Å²) < 4.78 is 23.4. The van der Waals surface area contributed by atoms with Crippen molar-refractivity contribution in [2.75, 3.05) is 13.2 Å². The number of carbonyl (C=O) groups is 4. The molecule has 45 heavy (non-hydrogen) atoms. The van der Waals surface area contributed by atoms with Crippen molar-refractivity contribution in [3.05, 3.63) is 23.3 Å². The van der Waals surface area contributed by atoms with E-state index >= 15 is 0 Å². The molecule has 0 fully saturated rings. The van der Waals surface area contributed by atoms with Crippen LogP contribution in [0.2, 0.25) is 0 Å². The number of nitrogens with one attached hydrogen (secondary N) is 2. The highest BCUT2D eigenvalue weighted by Gasteiger charge is 2.37. The maximum Gasteiger partial charge on any atom is 0.333 e. The molecule has 0 saturated carbocycles. The minimum absolute atomic E-state index is 0.0183. The number of hydrogen-bond donors (Lipinski definition) is 4. The number of nitrogens with two attached hydrogens (primary N) is 2. The predicted octanol–water partition coefficient (Wildman–Crippen LogP) is 2.71. The molecule has 0 heterocycles. The second-order valence-electron chi connectivity index (χ2n) is 12.0. The van der Waals surface area contributed by atoms with Gasteiger partial charge in [0.15, 0.2) is 0 Å². The Morgan fingerprint density at radius 1 is 0.689 bits per heavy atom. The minimum atomic E-state index is -0.522. The van der Waals surface area contributed by atoms with Crippen LogP contribution in [0.4, 0.5) is 0 Å². The van der Waals surface area contributed by atoms with Crippen molar-refractivity contribution in [2.45, 2.75) is 148 Å². The van der Waals surface area contributed by atoms with E-state index < -0.39 is 48.3 Å². The van der Waals surface area contributed by atoms with E-state index in [1.807, 2.05) is 27.7 Å². The van der Waals surface area contributed by atoms with Crippen LogP contribution in [-0.4, -0.2) is 85.5 Å². The van der Waals surface area contributed by atoms with Gasteiger partial charge in [-0.1, -0.05) is 27.7 Å². The van der Waals surface area contributed by atoms with Crippen molar-refractivity contribution in [3.63, 3.8) is 0 Å². The Bertz CT molecular complexity index is 960. The molecule has 0 spiro atoms. The van der Waals surface area contributed by atoms with Gasteiger partial charge in [-0.05, 0) is 69.9 Å². The number of ether oxygens (including phenoxy) is 4. The Labute approximate surface area is 268 Å². The Balaban J connectivity index is 1.84. The topological polar surface area (TPSA) is 181 Å². The lowest BCUT2D eigenvalue weighted by atomic mass is 9.88. The van der Waals surface area contributed by atoms with Crippen molar-refractivity contribution in [1.29, 1.82) is 0 Å². The van der Waals surface area contributed by atoms with Gasteiger partial charge in [-0.15, -0.1) is 0 Å². The maximum absolute atomic E-state index is 12.8. The molecule has 2 aliphatic carbocycles. The second-order valence-corrected chi connectivity index (χ2v) is 12.0. The Morgan fingerprint density at radius 3 is 1.36 bits per heavy atom. The van der Waals surface area contributed by atoms with E-state index in [1.165, 1.54) is 13.8 Å². The zero-order valence-corrected chi connectivity index (χ0v) is 28.0. The molecule has 0 aliphatic heterocycles. The number of hydrogen-bond acceptors (Lipinski definition) is 10. The molecule has 0 bridgehead atoms. The molecule has 256 valence electrons. The summed E-state index contributed by atoms with van der Waals surface area (Å²) in [6, 6.07) is -1.82. The van der Waals surface area contributed by atoms with E-state index in [9.17, 15) is 19.2 Å². The highest BCUT2D eigenvalue weighted by atomic mass is 16.5. The lowest BCUT2D eigenvalue weighted by Crippen LogP contribution is -2.57. The highest BCUT2D eigenvalue weighted by molar-refractivity contribution is 5.89. The molecule has 0 aromatic rings. The van der Waals surface area contributed by atoms with Crippen molar-refractivity contribution in [1.82, 2.24) is 10.6 Å². The van der Waals surface area contributed by atoms with Crippen LogP contribution in [0.5, 0.6) is 0 Å². The molecule has 2 aliphatic rings. The molecule has 0 saturated heterocycles. The molecular weight excluding hydrogens is 580 g/mol. The summed E-state index contributed by atoms with van der Waals surface area (Å²) >= 11 is 0. The van der Waals surface area contributed by atoms with Gasteiger partial charge in [0.05, 0.1) is 49.7 Å². The number of esters is 2. The van der Waals surface area contributed by atoms with Crippen molar-refractivity contribution >= 4 is 23.8 Å². The quantitative estimate of drug-likeness (QED) is 0.129. The number of unbranched alkanes of at least 4 members (excludes halogenated alkanes) is 2. The van der Waals surface area contributed by atoms with Gasteiger partial charge in [0.1, 0.15) is 0 Å². The van der Waals surface area contributed by atoms with Crippen LogP contribution in [0.25, 0.3) is 0 Å². The van der Waals surface area contributed by atoms with Crippen LogP contribution in [0.15, 0.2) is 23.3 Å². The maximum atomic E-state index is 12.8. The van der Waals surface area contributed by atoms with Gasteiger partial charge >= 0.3 is 11.9 Å². The van der Waals surface area contributed by atoms with Crippen LogP contribution in [-0.2, 0) is 38.1 Å². The molecule has 0 radical (unpaired) electrons. The van der Waals surface area contributed by atoms with E-state index in [-0.39, 0.29) is 50.1 Å². The monoisotopic (exact) mass is 636 g/mol. The fourth-order valence-corrected chi connectivity index (χ4v) is 5.69. The van der Waals surface area contributed by atoms with Gasteiger partial charge in [-0.3, -0.25) is 9.59 Å². The van der Waals surface area contributed by atoms with Gasteiger partial charge in [0.25, 0.3) is 0 Å². The first-order chi connectivity index (χ1) is 21.4. The Kier molecular flexibility index (Phi) is 16.8. The summed E-state index contributed by atoms with van der Waals surface area (Å²) in [5, 5.41) is 5.74. The summed E-state index contributed by atoms with van der Waals surface area (Å²) in [5.74, 6) is -1.30. The van der Waals surface area contributed by atoms with Crippen molar-refractivity contribution in [3.8, 4) is 0 Å². The second kappa shape index (κ2) is 19.7. The summed E-state index contributed by atoms with van der Waals surface area (Å²) in [7, 11) is 0. The largest absolute Gasteiger partial charge is 0.462 e. The SMILES string of the molecule is CCC(CC)O[C@@H]1C=C(C(=O)OCCCCCOC(=O)C2=C[C@@H](OC(CC)CC)[C@H](NC(C)=O)[C@@H](N)C2)C[C@H](N)[C@H]1NC(C)=O. The summed E-state index contributed by atoms with van der Waals surface area (Å²) in [5.41, 5.74) is 13.6. The number of carbonyl (C=O) groups excluding carboxylic acids is 4. The predicted molar refractivity (Wildman–Crippen MR) is 171 cm³/mol. The zero-order valence-electron chi connectivity index (χ0n) is 28.0. The smallest absolute Gasteiger partial charge is 0.333 e. The third-order valence-electron chi connectivity index (χ3n) is 8.31. The summed E-state index contributed by atoms with van der Waals surface area (Å²) in [6.45, 7) is 11.4. The van der Waals surface area contributed by atoms with E-state index in [0.717, 1.165) is 25.7 Å². The lowest BCUT2D eigenvalue weighted by molar-refractivity contribution is -0.140. The fourth-order valence-electron chi connectivity index (χ4n) is 5.69. The molecule has 12 heteroatoms. The first kappa shape index (κ1) is 38.4. The first-order valence-electron chi connectivity index (χ1n) is 16.6. The lowest BCUT2D eigenvalue weighted by Gasteiger charge is -2.36. The average molecular weight is 637 g/mol. The highest BCUT2D eigenvalue weighted by Crippen LogP contribution is 2.25. The molecule has 12 nitrogen and oxygen atoms in total. The van der Waals surface area contributed by atoms with Crippen LogP contribution in [0.3, 0.4) is 0 Å². The molecule has 2 amide bonds. The summed E-state index contributed by atoms with van der Waals surface area (Å²) in [4.78, 5) is 49.2. The van der Waals surface area contributed by atoms with Crippen LogP contribution in [0.1, 0.15) is 99.3 Å². The molecule has 6 atom stereocenters. The Morgan fingerprint density at radius 2 is 1.04 bits per heavy atom. The normalized spacial score (nSPS) is 24.9. The molecular formula is C33H56N4O8. The van der Waals surface area contributed by atoms with Gasteiger partial charge in [-0.25, -0.2) is 9.59 Å². The molecule has 0 aromatic carbocycles. The third kappa shape index (κ3) is 12.5. The zero-order chi connectivity index (χ0) is 33.5. The molecule has 6 N–H and O–H groups in total. The number of amides is 2. The Hall–Kier alpha value is -2.80. The van der Waals surface area contributed by atoms with E-state index in [1.54, 1.807) is 12.2 Å². The average Bonchev–Trinajstić information content (AvgIpc) is 3.00. The van der Waals surface area contributed by atoms with E-state index in [0.29, 0.717) is 30.4 Å². The first-order valence-corrected chi connectivity index (χ1v) is 16.6. The third-order valence-corrected chi connectivity index (χ3v) is 8.31. The van der Waals surface area contributed by atoms with Crippen LogP contribution >= 0.6 is 0 Å². The van der Waals surface area contributed by atoms with Gasteiger partial charge in [-0.2, -0.15) is 0 Å². The van der Waals surface area contributed by atoms with Crippen molar-refractivity contribution in [2.24, 2.45) is 11.5 Å². The van der Waals surface area contributed by atoms with Crippen LogP contribution < -0.4 is 22.1 Å². The van der Waals surface area contributed by atoms with Crippen LogP contribution in [0, 0.1) is 0 Å². The van der Waals surface area contributed by atoms with Gasteiger partial charge < -0.3 is 41.0 Å². The minimum Gasteiger partial charge on any atom is -0.462 e. The van der Waals surface area contributed by atoms with E-state index in [4.69, 9.17) is 30.4 Å². The summed E-state index contributed by atoms with van der Waals surface area (Å²) in [6.07, 6.45) is 8.02. The van der Waals surface area contributed by atoms with E-state index in [2.05, 4.69) is 10.6 Å². The van der Waals surface area contributed by atoms with Gasteiger partial charge in [0.2, 0.25) is 11.8 Å². The molecule has 0 unspecified atom stereocenters.